The molecule has 2 nitrogen and oxygen atoms in total. The molecule has 92 valence electrons. The summed E-state index contributed by atoms with van der Waals surface area (Å²) in [4.78, 5) is 0. The van der Waals surface area contributed by atoms with E-state index in [1.54, 1.807) is 11.1 Å². The van der Waals surface area contributed by atoms with E-state index in [1.807, 2.05) is 0 Å². The molecule has 1 aromatic rings. The minimum atomic E-state index is 0.274. The van der Waals surface area contributed by atoms with Crippen molar-refractivity contribution >= 4 is 0 Å². The van der Waals surface area contributed by atoms with Crippen LogP contribution >= 0.6 is 0 Å². The molecule has 1 aliphatic carbocycles. The van der Waals surface area contributed by atoms with E-state index in [0.717, 1.165) is 19.7 Å². The van der Waals surface area contributed by atoms with Gasteiger partial charge in [0.1, 0.15) is 0 Å². The summed E-state index contributed by atoms with van der Waals surface area (Å²) in [6.07, 6.45) is 5.46. The summed E-state index contributed by atoms with van der Waals surface area (Å²) < 4.78 is 5.91. The summed E-state index contributed by atoms with van der Waals surface area (Å²) in [7, 11) is 0. The number of hydrogen-bond donors (Lipinski definition) is 1. The molecule has 0 bridgehead atoms. The third-order valence-corrected chi connectivity index (χ3v) is 4.08. The molecule has 1 saturated heterocycles. The normalized spacial score (nSPS) is 24.4. The first-order valence-electron chi connectivity index (χ1n) is 6.80. The highest BCUT2D eigenvalue weighted by molar-refractivity contribution is 5.43. The maximum atomic E-state index is 5.91. The second kappa shape index (κ2) is 4.79. The highest BCUT2D eigenvalue weighted by Crippen LogP contribution is 2.32. The quantitative estimate of drug-likeness (QED) is 0.802. The Labute approximate surface area is 103 Å². The number of rotatable bonds is 1. The minimum Gasteiger partial charge on any atom is -0.371 e. The minimum absolute atomic E-state index is 0.274. The zero-order chi connectivity index (χ0) is 11.7. The van der Waals surface area contributed by atoms with E-state index in [-0.39, 0.29) is 6.10 Å². The smallest absolute Gasteiger partial charge is 0.0952 e. The molecule has 1 heterocycles. The second-order valence-electron chi connectivity index (χ2n) is 5.20. The van der Waals surface area contributed by atoms with Gasteiger partial charge in [-0.2, -0.15) is 0 Å². The van der Waals surface area contributed by atoms with Gasteiger partial charge < -0.3 is 10.1 Å². The van der Waals surface area contributed by atoms with E-state index in [1.165, 1.54) is 36.8 Å². The molecule has 1 atom stereocenters. The Kier molecular flexibility index (Phi) is 3.17. The lowest BCUT2D eigenvalue weighted by Gasteiger charge is -2.29. The van der Waals surface area contributed by atoms with Crippen LogP contribution in [-0.2, 0) is 17.6 Å². The first kappa shape index (κ1) is 11.2. The molecule has 1 N–H and O–H groups in total. The van der Waals surface area contributed by atoms with Gasteiger partial charge in [0.15, 0.2) is 0 Å². The Balaban J connectivity index is 1.98. The number of ether oxygens (including phenoxy) is 1. The molecule has 3 rings (SSSR count). The van der Waals surface area contributed by atoms with Gasteiger partial charge in [0.05, 0.1) is 12.7 Å². The van der Waals surface area contributed by atoms with Gasteiger partial charge in [0.2, 0.25) is 0 Å². The second-order valence-corrected chi connectivity index (χ2v) is 5.20. The molecule has 0 aromatic heterocycles. The lowest BCUT2D eigenvalue weighted by molar-refractivity contribution is 0.0270. The average Bonchev–Trinajstić information content (AvgIpc) is 2.41. The fourth-order valence-corrected chi connectivity index (χ4v) is 3.14. The number of fused-ring (bicyclic) bond motifs is 1. The van der Waals surface area contributed by atoms with Crippen molar-refractivity contribution in [2.45, 2.75) is 38.7 Å². The van der Waals surface area contributed by atoms with Gasteiger partial charge in [-0.3, -0.25) is 0 Å². The van der Waals surface area contributed by atoms with Gasteiger partial charge in [-0.1, -0.05) is 12.1 Å². The lowest BCUT2D eigenvalue weighted by atomic mass is 9.84. The number of nitrogens with one attached hydrogen (secondary N) is 1. The molecule has 1 fully saturated rings. The molecule has 0 radical (unpaired) electrons. The Morgan fingerprint density at radius 2 is 2.00 bits per heavy atom. The van der Waals surface area contributed by atoms with Crippen molar-refractivity contribution in [3.05, 3.63) is 34.4 Å². The summed E-state index contributed by atoms with van der Waals surface area (Å²) in [5.74, 6) is 0. The Morgan fingerprint density at radius 1 is 1.18 bits per heavy atom. The van der Waals surface area contributed by atoms with Crippen LogP contribution in [-0.4, -0.2) is 19.7 Å². The molecule has 0 spiro atoms. The van der Waals surface area contributed by atoms with Crippen LogP contribution in [0.3, 0.4) is 0 Å². The number of benzene rings is 1. The van der Waals surface area contributed by atoms with Crippen LogP contribution < -0.4 is 5.32 Å². The highest BCUT2D eigenvalue weighted by atomic mass is 16.5. The summed E-state index contributed by atoms with van der Waals surface area (Å²) in [6, 6.07) is 4.56. The molecule has 1 unspecified atom stereocenters. The summed E-state index contributed by atoms with van der Waals surface area (Å²) in [6.45, 7) is 5.04. The van der Waals surface area contributed by atoms with Crippen LogP contribution in [0.15, 0.2) is 12.1 Å². The van der Waals surface area contributed by atoms with Gasteiger partial charge in [-0.05, 0) is 54.9 Å². The molecule has 0 amide bonds. The van der Waals surface area contributed by atoms with Gasteiger partial charge in [-0.25, -0.2) is 0 Å². The molecule has 1 aromatic carbocycles. The molecular formula is C15H21NO. The van der Waals surface area contributed by atoms with Crippen molar-refractivity contribution in [3.63, 3.8) is 0 Å². The number of morpholine rings is 1. The maximum absolute atomic E-state index is 5.91. The third-order valence-electron chi connectivity index (χ3n) is 4.08. The standard InChI is InChI=1S/C15H21NO/c1-11-6-7-14(15-10-16-8-9-17-15)13-5-3-2-4-12(11)13/h6-7,15-16H,2-5,8-10H2,1H3. The molecular weight excluding hydrogens is 210 g/mol. The monoisotopic (exact) mass is 231 g/mol. The fraction of sp³-hybridized carbons (Fsp3) is 0.600. The van der Waals surface area contributed by atoms with Crippen molar-refractivity contribution in [2.24, 2.45) is 0 Å². The van der Waals surface area contributed by atoms with Crippen LogP contribution in [0.4, 0.5) is 0 Å². The van der Waals surface area contributed by atoms with E-state index in [9.17, 15) is 0 Å². The largest absolute Gasteiger partial charge is 0.371 e. The molecule has 1 aliphatic heterocycles. The molecule has 2 aliphatic rings. The van der Waals surface area contributed by atoms with Crippen molar-refractivity contribution in [1.82, 2.24) is 5.32 Å². The lowest BCUT2D eigenvalue weighted by Crippen LogP contribution is -2.34. The summed E-state index contributed by atoms with van der Waals surface area (Å²) in [5.41, 5.74) is 6.09. The molecule has 0 saturated carbocycles. The van der Waals surface area contributed by atoms with Crippen LogP contribution in [0.25, 0.3) is 0 Å². The van der Waals surface area contributed by atoms with E-state index in [0.29, 0.717) is 0 Å². The predicted octanol–water partition coefficient (Wildman–Crippen LogP) is 2.53. The zero-order valence-electron chi connectivity index (χ0n) is 10.6. The summed E-state index contributed by atoms with van der Waals surface area (Å²) >= 11 is 0. The number of aryl methyl sites for hydroxylation is 1. The first-order chi connectivity index (χ1) is 8.36. The maximum Gasteiger partial charge on any atom is 0.0952 e. The van der Waals surface area contributed by atoms with Crippen molar-refractivity contribution < 1.29 is 4.74 Å². The van der Waals surface area contributed by atoms with Gasteiger partial charge in [0.25, 0.3) is 0 Å². The molecule has 2 heteroatoms. The topological polar surface area (TPSA) is 21.3 Å². The Hall–Kier alpha value is -0.860. The van der Waals surface area contributed by atoms with E-state index in [4.69, 9.17) is 4.74 Å². The Bertz CT molecular complexity index is 408. The van der Waals surface area contributed by atoms with Gasteiger partial charge in [-0.15, -0.1) is 0 Å². The Morgan fingerprint density at radius 3 is 2.76 bits per heavy atom. The SMILES string of the molecule is Cc1ccc(C2CNCCO2)c2c1CCCC2. The van der Waals surface area contributed by atoms with Crippen molar-refractivity contribution in [2.75, 3.05) is 19.7 Å². The third kappa shape index (κ3) is 2.12. The van der Waals surface area contributed by atoms with Crippen LogP contribution in [0.2, 0.25) is 0 Å². The number of hydrogen-bond acceptors (Lipinski definition) is 2. The van der Waals surface area contributed by atoms with Crippen LogP contribution in [0, 0.1) is 6.92 Å². The molecule has 17 heavy (non-hydrogen) atoms. The van der Waals surface area contributed by atoms with Crippen molar-refractivity contribution in [1.29, 1.82) is 0 Å². The van der Waals surface area contributed by atoms with E-state index >= 15 is 0 Å². The van der Waals surface area contributed by atoms with Crippen LogP contribution in [0.1, 0.15) is 41.2 Å². The van der Waals surface area contributed by atoms with E-state index in [2.05, 4.69) is 24.4 Å². The van der Waals surface area contributed by atoms with E-state index < -0.39 is 0 Å². The van der Waals surface area contributed by atoms with Gasteiger partial charge in [0, 0.05) is 13.1 Å². The highest BCUT2D eigenvalue weighted by Gasteiger charge is 2.22. The summed E-state index contributed by atoms with van der Waals surface area (Å²) in [5, 5.41) is 3.43. The zero-order valence-corrected chi connectivity index (χ0v) is 10.6. The van der Waals surface area contributed by atoms with Crippen LogP contribution in [0.5, 0.6) is 0 Å². The average molecular weight is 231 g/mol. The fourth-order valence-electron chi connectivity index (χ4n) is 3.14. The van der Waals surface area contributed by atoms with Gasteiger partial charge >= 0.3 is 0 Å². The van der Waals surface area contributed by atoms with Crippen molar-refractivity contribution in [3.8, 4) is 0 Å². The predicted molar refractivity (Wildman–Crippen MR) is 69.4 cm³/mol. The first-order valence-corrected chi connectivity index (χ1v) is 6.80.